The lowest BCUT2D eigenvalue weighted by Crippen LogP contribution is -2.54. The highest BCUT2D eigenvalue weighted by atomic mass is 32.2. The minimum Gasteiger partial charge on any atom is -0.273 e. The van der Waals surface area contributed by atoms with Crippen LogP contribution in [-0.2, 0) is 9.59 Å². The molecule has 0 aliphatic carbocycles. The maximum absolute atomic E-state index is 11.4. The van der Waals surface area contributed by atoms with Crippen LogP contribution in [0.2, 0.25) is 0 Å². The van der Waals surface area contributed by atoms with Crippen molar-refractivity contribution >= 4 is 23.6 Å². The molecule has 3 nitrogen and oxygen atoms in total. The predicted molar refractivity (Wildman–Crippen MR) is 52.1 cm³/mol. The van der Waals surface area contributed by atoms with E-state index in [0.717, 1.165) is 0 Å². The van der Waals surface area contributed by atoms with Crippen LogP contribution < -0.4 is 0 Å². The van der Waals surface area contributed by atoms with Crippen LogP contribution in [0.3, 0.4) is 0 Å². The Morgan fingerprint density at radius 1 is 1.38 bits per heavy atom. The molecule has 70 valence electrons. The molecule has 0 saturated carbocycles. The first-order chi connectivity index (χ1) is 5.99. The maximum atomic E-state index is 11.4. The summed E-state index contributed by atoms with van der Waals surface area (Å²) in [6.45, 7) is 3.39. The number of amides is 2. The van der Waals surface area contributed by atoms with Gasteiger partial charge in [0.15, 0.2) is 0 Å². The Morgan fingerprint density at radius 3 is 2.23 bits per heavy atom. The average molecular weight is 197 g/mol. The van der Waals surface area contributed by atoms with Gasteiger partial charge >= 0.3 is 0 Å². The molecule has 13 heavy (non-hydrogen) atoms. The molecule has 4 heteroatoms. The van der Waals surface area contributed by atoms with Crippen molar-refractivity contribution in [2.24, 2.45) is 0 Å². The van der Waals surface area contributed by atoms with Crippen LogP contribution in [0.5, 0.6) is 0 Å². The zero-order chi connectivity index (χ0) is 10.1. The van der Waals surface area contributed by atoms with E-state index in [2.05, 4.69) is 5.92 Å². The first kappa shape index (κ1) is 10.1. The normalized spacial score (nSPS) is 18.7. The fourth-order valence-electron chi connectivity index (χ4n) is 1.18. The van der Waals surface area contributed by atoms with Crippen molar-refractivity contribution in [1.82, 2.24) is 4.90 Å². The smallest absolute Gasteiger partial charge is 0.240 e. The summed E-state index contributed by atoms with van der Waals surface area (Å²) in [7, 11) is 0. The topological polar surface area (TPSA) is 37.4 Å². The Kier molecular flexibility index (Phi) is 2.67. The Balaban J connectivity index is 2.94. The number of hydrogen-bond donors (Lipinski definition) is 0. The van der Waals surface area contributed by atoms with Gasteiger partial charge in [0, 0.05) is 0 Å². The van der Waals surface area contributed by atoms with Crippen molar-refractivity contribution in [2.75, 3.05) is 11.5 Å². The largest absolute Gasteiger partial charge is 0.273 e. The Morgan fingerprint density at radius 2 is 1.85 bits per heavy atom. The van der Waals surface area contributed by atoms with Crippen molar-refractivity contribution in [3.05, 3.63) is 0 Å². The number of carbonyl (C=O) groups is 2. The summed E-state index contributed by atoms with van der Waals surface area (Å²) in [4.78, 5) is 24.0. The van der Waals surface area contributed by atoms with Crippen LogP contribution in [0, 0.1) is 12.3 Å². The van der Waals surface area contributed by atoms with Gasteiger partial charge in [-0.3, -0.25) is 14.5 Å². The molecular weight excluding hydrogens is 186 g/mol. The quantitative estimate of drug-likeness (QED) is 0.454. The zero-order valence-electron chi connectivity index (χ0n) is 7.66. The molecule has 1 heterocycles. The van der Waals surface area contributed by atoms with Crippen LogP contribution in [0.15, 0.2) is 0 Å². The van der Waals surface area contributed by atoms with Crippen LogP contribution in [0.25, 0.3) is 0 Å². The summed E-state index contributed by atoms with van der Waals surface area (Å²) in [5, 5.41) is 0. The second kappa shape index (κ2) is 3.43. The van der Waals surface area contributed by atoms with Gasteiger partial charge in [-0.05, 0) is 13.8 Å². The van der Waals surface area contributed by atoms with E-state index in [1.165, 1.54) is 16.7 Å². The molecule has 0 aromatic rings. The lowest BCUT2D eigenvalue weighted by Gasteiger charge is -2.35. The molecule has 0 bridgehead atoms. The Hall–Kier alpha value is -0.950. The Bertz CT molecular complexity index is 274. The van der Waals surface area contributed by atoms with E-state index in [9.17, 15) is 9.59 Å². The monoisotopic (exact) mass is 197 g/mol. The number of thioether (sulfide) groups is 1. The third-order valence-corrected chi connectivity index (χ3v) is 2.76. The SMILES string of the molecule is C#CC(C)(C)N1C(=O)CSCC1=O. The number of carbonyl (C=O) groups excluding carboxylic acids is 2. The van der Waals surface area contributed by atoms with Crippen LogP contribution in [0.1, 0.15) is 13.8 Å². The van der Waals surface area contributed by atoms with Gasteiger partial charge in [0.1, 0.15) is 5.54 Å². The van der Waals surface area contributed by atoms with Gasteiger partial charge in [-0.25, -0.2) is 0 Å². The number of hydrogen-bond acceptors (Lipinski definition) is 3. The molecule has 1 rings (SSSR count). The minimum atomic E-state index is -0.796. The summed E-state index contributed by atoms with van der Waals surface area (Å²) in [6.07, 6.45) is 5.26. The molecule has 0 radical (unpaired) electrons. The molecule has 1 saturated heterocycles. The van der Waals surface area contributed by atoms with Crippen LogP contribution in [-0.4, -0.2) is 33.8 Å². The minimum absolute atomic E-state index is 0.191. The average Bonchev–Trinajstić information content (AvgIpc) is 2.03. The van der Waals surface area contributed by atoms with Crippen molar-refractivity contribution in [3.63, 3.8) is 0 Å². The van der Waals surface area contributed by atoms with E-state index in [4.69, 9.17) is 6.42 Å². The molecule has 0 unspecified atom stereocenters. The summed E-state index contributed by atoms with van der Waals surface area (Å²) in [5.74, 6) is 2.75. The highest BCUT2D eigenvalue weighted by Gasteiger charge is 2.36. The number of rotatable bonds is 1. The summed E-state index contributed by atoms with van der Waals surface area (Å²) in [5.41, 5.74) is -0.796. The van der Waals surface area contributed by atoms with Gasteiger partial charge in [0.2, 0.25) is 11.8 Å². The van der Waals surface area contributed by atoms with Gasteiger partial charge in [-0.2, -0.15) is 0 Å². The van der Waals surface area contributed by atoms with Crippen LogP contribution >= 0.6 is 11.8 Å². The van der Waals surface area contributed by atoms with E-state index in [0.29, 0.717) is 11.5 Å². The maximum Gasteiger partial charge on any atom is 0.240 e. The third kappa shape index (κ3) is 1.86. The van der Waals surface area contributed by atoms with Gasteiger partial charge in [-0.15, -0.1) is 18.2 Å². The van der Waals surface area contributed by atoms with E-state index in [-0.39, 0.29) is 11.8 Å². The lowest BCUT2D eigenvalue weighted by molar-refractivity contribution is -0.146. The first-order valence-corrected chi connectivity index (χ1v) is 5.06. The molecule has 0 N–H and O–H groups in total. The molecule has 0 aromatic heterocycles. The van der Waals surface area contributed by atoms with Crippen molar-refractivity contribution in [1.29, 1.82) is 0 Å². The molecule has 0 aromatic carbocycles. The number of terminal acetylenes is 1. The molecule has 1 fully saturated rings. The summed E-state index contributed by atoms with van der Waals surface area (Å²) in [6, 6.07) is 0. The van der Waals surface area contributed by atoms with E-state index < -0.39 is 5.54 Å². The van der Waals surface area contributed by atoms with E-state index in [1.807, 2.05) is 0 Å². The molecule has 0 spiro atoms. The summed E-state index contributed by atoms with van der Waals surface area (Å²) >= 11 is 1.33. The number of nitrogens with zero attached hydrogens (tertiary/aromatic N) is 1. The summed E-state index contributed by atoms with van der Waals surface area (Å²) < 4.78 is 0. The molecule has 1 aliphatic heterocycles. The highest BCUT2D eigenvalue weighted by Crippen LogP contribution is 2.21. The van der Waals surface area contributed by atoms with E-state index >= 15 is 0 Å². The van der Waals surface area contributed by atoms with Crippen molar-refractivity contribution in [3.8, 4) is 12.3 Å². The second-order valence-electron chi connectivity index (χ2n) is 3.32. The molecule has 2 amide bonds. The predicted octanol–water partition coefficient (Wildman–Crippen LogP) is 0.500. The molecular formula is C9H11NO2S. The highest BCUT2D eigenvalue weighted by molar-refractivity contribution is 8.00. The van der Waals surface area contributed by atoms with Gasteiger partial charge in [-0.1, -0.05) is 5.92 Å². The van der Waals surface area contributed by atoms with Gasteiger partial charge < -0.3 is 0 Å². The van der Waals surface area contributed by atoms with Crippen molar-refractivity contribution in [2.45, 2.75) is 19.4 Å². The number of imide groups is 1. The van der Waals surface area contributed by atoms with Crippen molar-refractivity contribution < 1.29 is 9.59 Å². The third-order valence-electron chi connectivity index (χ3n) is 1.86. The Labute approximate surface area is 81.9 Å². The lowest BCUT2D eigenvalue weighted by atomic mass is 10.0. The van der Waals surface area contributed by atoms with E-state index in [1.54, 1.807) is 13.8 Å². The second-order valence-corrected chi connectivity index (χ2v) is 4.30. The molecule has 1 aliphatic rings. The first-order valence-electron chi connectivity index (χ1n) is 3.90. The van der Waals surface area contributed by atoms with Crippen LogP contribution in [0.4, 0.5) is 0 Å². The van der Waals surface area contributed by atoms with Gasteiger partial charge in [0.25, 0.3) is 0 Å². The fourth-order valence-corrected chi connectivity index (χ4v) is 1.89. The fraction of sp³-hybridized carbons (Fsp3) is 0.556. The van der Waals surface area contributed by atoms with Gasteiger partial charge in [0.05, 0.1) is 11.5 Å². The molecule has 0 atom stereocenters. The zero-order valence-corrected chi connectivity index (χ0v) is 8.48. The standard InChI is InChI=1S/C9H11NO2S/c1-4-9(2,3)10-7(11)5-13-6-8(10)12/h1H,5-6H2,2-3H3.